The van der Waals surface area contributed by atoms with Crippen molar-refractivity contribution < 1.29 is 32.3 Å². The van der Waals surface area contributed by atoms with Gasteiger partial charge in [0, 0.05) is 43.8 Å². The maximum Gasteiger partial charge on any atom is 0.417 e. The van der Waals surface area contributed by atoms with Crippen molar-refractivity contribution in [2.24, 2.45) is 5.92 Å². The predicted molar refractivity (Wildman–Crippen MR) is 212 cm³/mol. The highest BCUT2D eigenvalue weighted by atomic mass is 32.1. The molecule has 0 radical (unpaired) electrons. The molecule has 4 heterocycles. The topological polar surface area (TPSA) is 142 Å². The fourth-order valence-electron chi connectivity index (χ4n) is 9.17. The summed E-state index contributed by atoms with van der Waals surface area (Å²) >= 11 is 5.76. The number of carbonyl (C=O) groups excluding carboxylic acids is 4. The van der Waals surface area contributed by atoms with E-state index in [1.165, 1.54) is 11.0 Å². The number of amides is 4. The molecule has 4 amide bonds. The Kier molecular flexibility index (Phi) is 12.7. The van der Waals surface area contributed by atoms with Crippen LogP contribution in [0.1, 0.15) is 108 Å². The second kappa shape index (κ2) is 17.2. The normalized spacial score (nSPS) is 26.0. The summed E-state index contributed by atoms with van der Waals surface area (Å²) < 4.78 is 41.2. The van der Waals surface area contributed by atoms with Crippen molar-refractivity contribution in [1.82, 2.24) is 25.0 Å². The van der Waals surface area contributed by atoms with Crippen molar-refractivity contribution in [2.75, 3.05) is 36.4 Å². The number of pyridine rings is 1. The molecule has 1 saturated carbocycles. The molecule has 6 rings (SSSR count). The van der Waals surface area contributed by atoms with E-state index in [0.717, 1.165) is 76.7 Å². The summed E-state index contributed by atoms with van der Waals surface area (Å²) in [6, 6.07) is 8.65. The van der Waals surface area contributed by atoms with Crippen molar-refractivity contribution in [2.45, 2.75) is 121 Å². The molecule has 12 nitrogen and oxygen atoms in total. The summed E-state index contributed by atoms with van der Waals surface area (Å²) in [6.07, 6.45) is 4.40. The van der Waals surface area contributed by atoms with E-state index < -0.39 is 28.8 Å². The number of piperazine rings is 1. The number of nitrogens with zero attached hydrogens (tertiary/aromatic N) is 6. The van der Waals surface area contributed by atoms with E-state index in [-0.39, 0.29) is 65.5 Å². The number of anilines is 2. The van der Waals surface area contributed by atoms with Gasteiger partial charge < -0.3 is 15.1 Å². The molecular formula is C41H51F3N8O4S. The quantitative estimate of drug-likeness (QED) is 0.159. The number of nitrogens with one attached hydrogen (secondary N) is 2. The van der Waals surface area contributed by atoms with Gasteiger partial charge in [0.1, 0.15) is 11.4 Å². The third-order valence-electron chi connectivity index (χ3n) is 12.1. The number of halogens is 3. The lowest BCUT2D eigenvalue weighted by molar-refractivity contribution is -0.138. The molecule has 0 spiro atoms. The molecule has 3 saturated heterocycles. The minimum atomic E-state index is -4.75. The maximum absolute atomic E-state index is 13.7. The van der Waals surface area contributed by atoms with Crippen molar-refractivity contribution >= 4 is 52.5 Å². The number of hydrogen-bond donors (Lipinski definition) is 2. The number of hydrogen-bond acceptors (Lipinski definition) is 9. The fraction of sp³-hybridized carbons (Fsp3) is 0.585. The minimum absolute atomic E-state index is 0.00113. The molecule has 306 valence electrons. The monoisotopic (exact) mass is 808 g/mol. The number of thiocarbonyl (C=S) groups is 1. The van der Waals surface area contributed by atoms with Gasteiger partial charge in [-0.05, 0) is 127 Å². The highest BCUT2D eigenvalue weighted by Gasteiger charge is 2.52. The van der Waals surface area contributed by atoms with Gasteiger partial charge in [-0.25, -0.2) is 4.98 Å². The van der Waals surface area contributed by atoms with Crippen LogP contribution in [0, 0.1) is 17.2 Å². The van der Waals surface area contributed by atoms with E-state index >= 15 is 0 Å². The zero-order valence-electron chi connectivity index (χ0n) is 32.9. The standard InChI is InChI=1S/C41H51F3N8O4S/c1-25-22-49(23-26(2)50(25)24-36(54)47-34-19-28(16-17-46-34)32-14-15-35(53)48-37(32)55)18-6-5-7-27-8-11-30(12-9-27)52-39(57)51(38(56)40(52,3)4)31-13-10-29(21-45)33(20-31)41(42,43)44/h10,13,16-17,19-20,25-27,30,32H,5-9,11-12,14-15,18,22-24H2,1-4H3,(H,46,47,54)(H,48,53,55)/t25-,26+,27?,30?,32?. The number of alkyl halides is 3. The molecular weight excluding hydrogens is 758 g/mol. The molecule has 1 aromatic heterocycles. The van der Waals surface area contributed by atoms with Crippen LogP contribution in [-0.2, 0) is 25.4 Å². The van der Waals surface area contributed by atoms with E-state index in [2.05, 4.69) is 39.3 Å². The molecule has 0 bridgehead atoms. The molecule has 3 aliphatic heterocycles. The fourth-order valence-corrected chi connectivity index (χ4v) is 9.73. The summed E-state index contributed by atoms with van der Waals surface area (Å²) in [5, 5.41) is 14.7. The van der Waals surface area contributed by atoms with Gasteiger partial charge in [0.2, 0.25) is 17.7 Å². The number of imide groups is 1. The number of nitriles is 1. The number of aromatic nitrogens is 1. The Balaban J connectivity index is 0.929. The van der Waals surface area contributed by atoms with Crippen LogP contribution >= 0.6 is 12.2 Å². The average Bonchev–Trinajstić information content (AvgIpc) is 3.33. The van der Waals surface area contributed by atoms with Crippen LogP contribution in [0.4, 0.5) is 24.7 Å². The van der Waals surface area contributed by atoms with Gasteiger partial charge in [-0.2, -0.15) is 18.4 Å². The molecule has 57 heavy (non-hydrogen) atoms. The molecule has 1 unspecified atom stereocenters. The average molecular weight is 809 g/mol. The SMILES string of the molecule is C[C@@H]1CN(CCCCC2CCC(N3C(=S)N(c4ccc(C#N)c(C(F)(F)F)c4)C(=O)C3(C)C)CC2)C[C@H](C)N1CC(=O)Nc1cc(C2CCC(=O)NC2=O)ccn1. The maximum atomic E-state index is 13.7. The van der Waals surface area contributed by atoms with E-state index in [0.29, 0.717) is 23.7 Å². The molecule has 2 aromatic rings. The van der Waals surface area contributed by atoms with E-state index in [1.807, 2.05) is 4.90 Å². The smallest absolute Gasteiger partial charge is 0.331 e. The van der Waals surface area contributed by atoms with Crippen LogP contribution in [0.15, 0.2) is 36.5 Å². The first-order valence-corrected chi connectivity index (χ1v) is 20.3. The predicted octanol–water partition coefficient (Wildman–Crippen LogP) is 5.97. The third kappa shape index (κ3) is 9.31. The van der Waals surface area contributed by atoms with Gasteiger partial charge in [0.25, 0.3) is 5.91 Å². The molecule has 4 fully saturated rings. The van der Waals surface area contributed by atoms with Gasteiger partial charge >= 0.3 is 6.18 Å². The van der Waals surface area contributed by atoms with Crippen LogP contribution in [0.5, 0.6) is 0 Å². The lowest BCUT2D eigenvalue weighted by atomic mass is 9.81. The Bertz CT molecular complexity index is 1920. The van der Waals surface area contributed by atoms with Gasteiger partial charge in [-0.3, -0.25) is 34.3 Å². The number of piperidine rings is 1. The Hall–Kier alpha value is -4.46. The van der Waals surface area contributed by atoms with Gasteiger partial charge in [0.15, 0.2) is 5.11 Å². The Morgan fingerprint density at radius 2 is 1.74 bits per heavy atom. The highest BCUT2D eigenvalue weighted by Crippen LogP contribution is 2.41. The molecule has 4 aliphatic rings. The van der Waals surface area contributed by atoms with Crippen LogP contribution in [0.2, 0.25) is 0 Å². The number of unbranched alkanes of at least 4 members (excludes halogenated alkanes) is 1. The van der Waals surface area contributed by atoms with E-state index in [9.17, 15) is 37.6 Å². The second-order valence-corrected chi connectivity index (χ2v) is 16.9. The zero-order chi connectivity index (χ0) is 41.2. The van der Waals surface area contributed by atoms with E-state index in [4.69, 9.17) is 12.2 Å². The number of benzene rings is 1. The third-order valence-corrected chi connectivity index (χ3v) is 12.5. The minimum Gasteiger partial charge on any atom is -0.331 e. The summed E-state index contributed by atoms with van der Waals surface area (Å²) in [6.45, 7) is 10.7. The lowest BCUT2D eigenvalue weighted by Gasteiger charge is -2.44. The summed E-state index contributed by atoms with van der Waals surface area (Å²) in [5.74, 6) is -0.687. The van der Waals surface area contributed by atoms with Crippen molar-refractivity contribution in [1.29, 1.82) is 5.26 Å². The Labute approximate surface area is 337 Å². The highest BCUT2D eigenvalue weighted by molar-refractivity contribution is 7.80. The largest absolute Gasteiger partial charge is 0.417 e. The van der Waals surface area contributed by atoms with Gasteiger partial charge in [-0.15, -0.1) is 0 Å². The van der Waals surface area contributed by atoms with Crippen molar-refractivity contribution in [3.8, 4) is 6.07 Å². The summed E-state index contributed by atoms with van der Waals surface area (Å²) in [5.41, 5.74) is -1.89. The molecule has 2 N–H and O–H groups in total. The Morgan fingerprint density at radius 1 is 1.04 bits per heavy atom. The van der Waals surface area contributed by atoms with Crippen LogP contribution in [-0.4, -0.2) is 98.3 Å². The first-order valence-electron chi connectivity index (χ1n) is 19.8. The lowest BCUT2D eigenvalue weighted by Crippen LogP contribution is -2.58. The van der Waals surface area contributed by atoms with Crippen LogP contribution in [0.25, 0.3) is 0 Å². The molecule has 1 aliphatic carbocycles. The molecule has 1 aromatic carbocycles. The Morgan fingerprint density at radius 3 is 2.39 bits per heavy atom. The summed E-state index contributed by atoms with van der Waals surface area (Å²) in [7, 11) is 0. The van der Waals surface area contributed by atoms with Crippen molar-refractivity contribution in [3.05, 3.63) is 53.2 Å². The zero-order valence-corrected chi connectivity index (χ0v) is 33.7. The van der Waals surface area contributed by atoms with E-state index in [1.54, 1.807) is 38.2 Å². The number of rotatable bonds is 11. The van der Waals surface area contributed by atoms with Gasteiger partial charge in [0.05, 0.1) is 35.3 Å². The van der Waals surface area contributed by atoms with Crippen LogP contribution < -0.4 is 15.5 Å². The second-order valence-electron chi connectivity index (χ2n) is 16.5. The summed E-state index contributed by atoms with van der Waals surface area (Å²) in [4.78, 5) is 62.7. The van der Waals surface area contributed by atoms with Crippen molar-refractivity contribution in [3.63, 3.8) is 0 Å². The van der Waals surface area contributed by atoms with Crippen LogP contribution in [0.3, 0.4) is 0 Å². The van der Waals surface area contributed by atoms with Gasteiger partial charge in [-0.1, -0.05) is 12.8 Å². The number of carbonyl (C=O) groups is 4. The first-order chi connectivity index (χ1) is 27.0. The molecule has 16 heteroatoms. The first kappa shape index (κ1) is 42.2. The molecule has 3 atom stereocenters.